The van der Waals surface area contributed by atoms with Crippen molar-refractivity contribution < 1.29 is 39.3 Å². The number of phenolic OH excluding ortho intramolecular Hbond substituents is 1. The number of anilines is 1. The number of phenols is 1. The second-order valence-corrected chi connectivity index (χ2v) is 15.5. The predicted octanol–water partition coefficient (Wildman–Crippen LogP) is 3.57. The number of ketones is 4. The Bertz CT molecular complexity index is 1630. The second-order valence-electron chi connectivity index (χ2n) is 15.5. The number of hydrogen-bond donors (Lipinski definition) is 4. The number of primary amides is 1. The van der Waals surface area contributed by atoms with Crippen LogP contribution in [-0.2, 0) is 25.6 Å². The van der Waals surface area contributed by atoms with Crippen LogP contribution in [0, 0.1) is 47.3 Å². The number of aliphatic hydroxyl groups excluding tert-OH is 1. The number of hydrogen-bond acceptors (Lipinski definition) is 9. The second kappa shape index (κ2) is 12.7. The van der Waals surface area contributed by atoms with Gasteiger partial charge in [0.25, 0.3) is 0 Å². The minimum Gasteiger partial charge on any atom is -0.507 e. The minimum atomic E-state index is -2.71. The number of rotatable bonds is 8. The van der Waals surface area contributed by atoms with Gasteiger partial charge >= 0.3 is 0 Å². The average Bonchev–Trinajstić information content (AvgIpc) is 3.47. The number of amides is 1. The van der Waals surface area contributed by atoms with Crippen molar-refractivity contribution in [3.05, 3.63) is 40.5 Å². The zero-order valence-corrected chi connectivity index (χ0v) is 28.3. The lowest BCUT2D eigenvalue weighted by molar-refractivity contribution is -0.182. The zero-order valence-electron chi connectivity index (χ0n) is 28.3. The van der Waals surface area contributed by atoms with Crippen molar-refractivity contribution in [2.45, 2.75) is 77.2 Å². The monoisotopic (exact) mass is 660 g/mol. The molecule has 5 aliphatic rings. The Balaban J connectivity index is 1.32. The minimum absolute atomic E-state index is 0.0237. The molecule has 6 rings (SSSR count). The molecule has 0 saturated heterocycles. The number of allylic oxidation sites excluding steroid dienone is 4. The molecule has 2 unspecified atom stereocenters. The molecule has 0 bridgehead atoms. The lowest BCUT2D eigenvalue weighted by Crippen LogP contribution is -2.71. The summed E-state index contributed by atoms with van der Waals surface area (Å²) in [6.07, 6.45) is 11.3. The summed E-state index contributed by atoms with van der Waals surface area (Å²) in [6, 6.07) is 1.90. The Morgan fingerprint density at radius 1 is 1.04 bits per heavy atom. The number of nitrogens with two attached hydrogens (primary N) is 1. The lowest BCUT2D eigenvalue weighted by atomic mass is 9.49. The van der Waals surface area contributed by atoms with Gasteiger partial charge in [0.15, 0.2) is 34.7 Å². The van der Waals surface area contributed by atoms with Gasteiger partial charge < -0.3 is 26.0 Å². The quantitative estimate of drug-likeness (QED) is 0.304. The third-order valence-electron chi connectivity index (χ3n) is 12.1. The SMILES string of the molecule is CC(C)[C@@H]1C(=O)C(C(N)=O)C(=O)[C@@]2(O)C(=O)C3C(=O)c4c(O)c(C5=CC=C(CC6CCC(CCO)CC6)C5)cc(N(C)C)c4C[C@H]3C[C@@H]12. The number of carbonyl (C=O) groups excluding carboxylic acids is 5. The van der Waals surface area contributed by atoms with Crippen LogP contribution < -0.4 is 10.6 Å². The highest BCUT2D eigenvalue weighted by Crippen LogP contribution is 2.55. The van der Waals surface area contributed by atoms with Gasteiger partial charge in [0.1, 0.15) is 5.75 Å². The topological polar surface area (TPSA) is 175 Å². The molecule has 3 saturated carbocycles. The summed E-state index contributed by atoms with van der Waals surface area (Å²) in [5.41, 5.74) is 6.74. The van der Waals surface area contributed by atoms with Gasteiger partial charge in [-0.3, -0.25) is 24.0 Å². The normalized spacial score (nSPS) is 33.2. The fourth-order valence-electron chi connectivity index (χ4n) is 9.73. The molecule has 5 aliphatic carbocycles. The Morgan fingerprint density at radius 3 is 2.31 bits per heavy atom. The van der Waals surface area contributed by atoms with Gasteiger partial charge in [-0.15, -0.1) is 0 Å². The van der Waals surface area contributed by atoms with E-state index in [1.54, 1.807) is 13.8 Å². The number of nitrogens with zero attached hydrogens (tertiary/aromatic N) is 1. The van der Waals surface area contributed by atoms with Gasteiger partial charge in [-0.05, 0) is 85.8 Å². The van der Waals surface area contributed by atoms with Crippen molar-refractivity contribution in [2.75, 3.05) is 25.6 Å². The fraction of sp³-hybridized carbons (Fsp3) is 0.605. The molecule has 3 fully saturated rings. The van der Waals surface area contributed by atoms with E-state index in [1.807, 2.05) is 31.1 Å². The molecule has 0 spiro atoms. The van der Waals surface area contributed by atoms with Crippen LogP contribution >= 0.6 is 0 Å². The maximum atomic E-state index is 14.4. The molecule has 10 heteroatoms. The van der Waals surface area contributed by atoms with Crippen molar-refractivity contribution in [1.29, 1.82) is 0 Å². The van der Waals surface area contributed by atoms with E-state index in [2.05, 4.69) is 6.08 Å². The first-order valence-electron chi connectivity index (χ1n) is 17.4. The van der Waals surface area contributed by atoms with Crippen molar-refractivity contribution in [3.8, 4) is 5.75 Å². The van der Waals surface area contributed by atoms with E-state index in [-0.39, 0.29) is 30.8 Å². The molecular formula is C38H48N2O8. The summed E-state index contributed by atoms with van der Waals surface area (Å²) in [5, 5.41) is 33.0. The molecule has 0 radical (unpaired) electrons. The number of aromatic hydroxyl groups is 1. The zero-order chi connectivity index (χ0) is 34.8. The third kappa shape index (κ3) is 5.35. The van der Waals surface area contributed by atoms with Crippen LogP contribution in [0.5, 0.6) is 5.75 Å². The first kappa shape index (κ1) is 34.2. The van der Waals surface area contributed by atoms with Crippen LogP contribution in [0.25, 0.3) is 5.57 Å². The number of aliphatic hydroxyl groups is 2. The molecule has 1 aromatic carbocycles. The van der Waals surface area contributed by atoms with Crippen LogP contribution in [0.4, 0.5) is 5.69 Å². The highest BCUT2D eigenvalue weighted by molar-refractivity contribution is 6.32. The summed E-state index contributed by atoms with van der Waals surface area (Å²) in [6.45, 7) is 3.71. The molecule has 1 amide bonds. The number of fused-ring (bicyclic) bond motifs is 3. The Hall–Kier alpha value is -3.63. The Labute approximate surface area is 281 Å². The molecular weight excluding hydrogens is 612 g/mol. The van der Waals surface area contributed by atoms with Crippen LogP contribution in [0.3, 0.4) is 0 Å². The summed E-state index contributed by atoms with van der Waals surface area (Å²) >= 11 is 0. The van der Waals surface area contributed by atoms with Gasteiger partial charge in [0.05, 0.1) is 11.5 Å². The van der Waals surface area contributed by atoms with Gasteiger partial charge in [0.2, 0.25) is 5.91 Å². The smallest absolute Gasteiger partial charge is 0.235 e. The van der Waals surface area contributed by atoms with Gasteiger partial charge in [-0.25, -0.2) is 0 Å². The molecule has 5 N–H and O–H groups in total. The first-order valence-corrected chi connectivity index (χ1v) is 17.4. The van der Waals surface area contributed by atoms with E-state index in [0.29, 0.717) is 29.4 Å². The largest absolute Gasteiger partial charge is 0.507 e. The van der Waals surface area contributed by atoms with E-state index in [0.717, 1.165) is 49.8 Å². The molecule has 1 aromatic rings. The van der Waals surface area contributed by atoms with Gasteiger partial charge in [-0.1, -0.05) is 44.4 Å². The predicted molar refractivity (Wildman–Crippen MR) is 179 cm³/mol. The maximum absolute atomic E-state index is 14.4. The van der Waals surface area contributed by atoms with Gasteiger partial charge in [-0.2, -0.15) is 0 Å². The van der Waals surface area contributed by atoms with Gasteiger partial charge in [0, 0.05) is 43.8 Å². The molecule has 258 valence electrons. The summed E-state index contributed by atoms with van der Waals surface area (Å²) < 4.78 is 0. The molecule has 0 aromatic heterocycles. The van der Waals surface area contributed by atoms with Crippen LogP contribution in [-0.4, -0.2) is 70.7 Å². The standard InChI is InChI=1S/C38H48N2O8/c1-18(2)28-26-16-23-15-25-27(40(3)4)17-24(22-10-9-21(14-22)13-20-7-5-19(6-8-20)11-12-41)32(42)30(25)34(44)29(23)35(45)38(26,48)36(46)31(33(28)43)37(39)47/h9-10,17-20,23,26,28-29,31,41-42,48H,5-8,11-16H2,1-4H3,(H2,39,47)/t19?,20?,23-,26-,28-,29?,31?,38-/m0/s1. The first-order chi connectivity index (χ1) is 22.7. The van der Waals surface area contributed by atoms with Crippen molar-refractivity contribution >= 4 is 40.3 Å². The van der Waals surface area contributed by atoms with Crippen LogP contribution in [0.1, 0.15) is 86.7 Å². The molecule has 0 heterocycles. The van der Waals surface area contributed by atoms with Crippen LogP contribution in [0.2, 0.25) is 0 Å². The molecule has 10 nitrogen and oxygen atoms in total. The number of benzene rings is 1. The summed E-state index contributed by atoms with van der Waals surface area (Å²) in [7, 11) is 3.71. The molecule has 48 heavy (non-hydrogen) atoms. The van der Waals surface area contributed by atoms with Crippen molar-refractivity contribution in [1.82, 2.24) is 0 Å². The summed E-state index contributed by atoms with van der Waals surface area (Å²) in [5.74, 6) is -10.3. The highest BCUT2D eigenvalue weighted by atomic mass is 16.3. The van der Waals surface area contributed by atoms with E-state index in [1.165, 1.54) is 5.57 Å². The number of Topliss-reactive ketones (excluding diaryl/α,β-unsaturated/α-hetero) is 4. The van der Waals surface area contributed by atoms with Crippen molar-refractivity contribution in [2.24, 2.45) is 53.1 Å². The maximum Gasteiger partial charge on any atom is 0.235 e. The number of carbonyl (C=O) groups is 5. The lowest BCUT2D eigenvalue weighted by Gasteiger charge is -2.52. The average molecular weight is 661 g/mol. The highest BCUT2D eigenvalue weighted by Gasteiger charge is 2.69. The third-order valence-corrected chi connectivity index (χ3v) is 12.1. The van der Waals surface area contributed by atoms with E-state index >= 15 is 0 Å². The van der Waals surface area contributed by atoms with E-state index in [4.69, 9.17) is 5.73 Å². The molecule has 0 aliphatic heterocycles. The summed E-state index contributed by atoms with van der Waals surface area (Å²) in [4.78, 5) is 69.9. The Kier molecular flexibility index (Phi) is 9.04. The van der Waals surface area contributed by atoms with Crippen LogP contribution in [0.15, 0.2) is 23.8 Å². The van der Waals surface area contributed by atoms with E-state index < -0.39 is 70.1 Å². The van der Waals surface area contributed by atoms with E-state index in [9.17, 15) is 39.3 Å². The Morgan fingerprint density at radius 2 is 1.71 bits per heavy atom. The fourth-order valence-corrected chi connectivity index (χ4v) is 9.73. The molecule has 6 atom stereocenters. The van der Waals surface area contributed by atoms with Crippen molar-refractivity contribution in [3.63, 3.8) is 0 Å².